The largest absolute Gasteiger partial charge is 0.496 e. The highest BCUT2D eigenvalue weighted by atomic mass is 16.5. The Morgan fingerprint density at radius 3 is 2.57 bits per heavy atom. The number of para-hydroxylation sites is 2. The normalized spacial score (nSPS) is 10.5. The van der Waals surface area contributed by atoms with Gasteiger partial charge < -0.3 is 14.4 Å². The molecule has 0 spiro atoms. The summed E-state index contributed by atoms with van der Waals surface area (Å²) in [6.07, 6.45) is 1.76. The fourth-order valence-corrected chi connectivity index (χ4v) is 2.95. The average molecular weight is 378 g/mol. The van der Waals surface area contributed by atoms with Crippen LogP contribution in [0.2, 0.25) is 0 Å². The third kappa shape index (κ3) is 4.65. The minimum absolute atomic E-state index is 0.0673. The number of carbonyl (C=O) groups is 2. The van der Waals surface area contributed by atoms with E-state index in [0.717, 1.165) is 22.0 Å². The number of likely N-dealkylation sites (N-methyl/N-ethyl adjacent to an activating group) is 1. The van der Waals surface area contributed by atoms with E-state index in [9.17, 15) is 9.59 Å². The Labute approximate surface area is 163 Å². The lowest BCUT2D eigenvalue weighted by molar-refractivity contribution is -0.151. The van der Waals surface area contributed by atoms with E-state index in [-0.39, 0.29) is 18.9 Å². The summed E-state index contributed by atoms with van der Waals surface area (Å²) in [5, 5.41) is 0.959. The summed E-state index contributed by atoms with van der Waals surface area (Å²) < 4.78 is 10.5. The second kappa shape index (κ2) is 8.99. The van der Waals surface area contributed by atoms with Gasteiger partial charge in [-0.25, -0.2) is 0 Å². The minimum atomic E-state index is -0.461. The molecule has 6 heteroatoms. The first-order valence-electron chi connectivity index (χ1n) is 8.92. The number of benzene rings is 2. The first kappa shape index (κ1) is 19.4. The van der Waals surface area contributed by atoms with Crippen molar-refractivity contribution < 1.29 is 19.1 Å². The lowest BCUT2D eigenvalue weighted by atomic mass is 10.1. The van der Waals surface area contributed by atoms with E-state index in [0.29, 0.717) is 12.3 Å². The van der Waals surface area contributed by atoms with Gasteiger partial charge in [0.05, 0.1) is 19.0 Å². The molecule has 0 radical (unpaired) electrons. The predicted molar refractivity (Wildman–Crippen MR) is 106 cm³/mol. The van der Waals surface area contributed by atoms with E-state index >= 15 is 0 Å². The molecule has 0 fully saturated rings. The fourth-order valence-electron chi connectivity index (χ4n) is 2.95. The number of hydrogen-bond donors (Lipinski definition) is 0. The summed E-state index contributed by atoms with van der Waals surface area (Å²) in [4.78, 5) is 30.3. The van der Waals surface area contributed by atoms with Gasteiger partial charge in [-0.05, 0) is 17.7 Å². The van der Waals surface area contributed by atoms with Crippen LogP contribution in [0.4, 0.5) is 0 Å². The van der Waals surface area contributed by atoms with Gasteiger partial charge in [-0.2, -0.15) is 0 Å². The molecule has 0 N–H and O–H groups in total. The molecule has 3 aromatic rings. The first-order chi connectivity index (χ1) is 13.6. The molecule has 144 valence electrons. The maximum absolute atomic E-state index is 12.3. The van der Waals surface area contributed by atoms with E-state index in [2.05, 4.69) is 4.98 Å². The van der Waals surface area contributed by atoms with Crippen molar-refractivity contribution in [3.8, 4) is 5.75 Å². The summed E-state index contributed by atoms with van der Waals surface area (Å²) in [5.41, 5.74) is 2.42. The van der Waals surface area contributed by atoms with E-state index in [1.165, 1.54) is 4.90 Å². The number of fused-ring (bicyclic) bond motifs is 1. The van der Waals surface area contributed by atoms with Crippen LogP contribution in [0.25, 0.3) is 10.9 Å². The molecule has 0 saturated carbocycles. The van der Waals surface area contributed by atoms with Crippen LogP contribution in [0.3, 0.4) is 0 Å². The van der Waals surface area contributed by atoms with Crippen molar-refractivity contribution in [2.24, 2.45) is 0 Å². The summed E-state index contributed by atoms with van der Waals surface area (Å²) in [5.74, 6) is -0.0323. The number of rotatable bonds is 7. The van der Waals surface area contributed by atoms with Gasteiger partial charge in [0, 0.05) is 30.7 Å². The van der Waals surface area contributed by atoms with Crippen molar-refractivity contribution >= 4 is 22.8 Å². The zero-order valence-corrected chi connectivity index (χ0v) is 15.9. The molecular weight excluding hydrogens is 356 g/mol. The maximum Gasteiger partial charge on any atom is 0.310 e. The molecule has 0 unspecified atom stereocenters. The quantitative estimate of drug-likeness (QED) is 0.591. The highest BCUT2D eigenvalue weighted by Gasteiger charge is 2.15. The molecular formula is C22H22N2O4. The van der Waals surface area contributed by atoms with Crippen LogP contribution in [0.15, 0.2) is 60.8 Å². The monoisotopic (exact) mass is 378 g/mol. The van der Waals surface area contributed by atoms with Crippen molar-refractivity contribution in [1.29, 1.82) is 0 Å². The Hall–Kier alpha value is -3.41. The third-order valence-corrected chi connectivity index (χ3v) is 4.43. The molecule has 0 bridgehead atoms. The van der Waals surface area contributed by atoms with Crippen molar-refractivity contribution in [3.05, 3.63) is 71.9 Å². The molecule has 0 aliphatic rings. The molecule has 0 saturated heterocycles. The second-order valence-electron chi connectivity index (χ2n) is 6.39. The number of hydrogen-bond acceptors (Lipinski definition) is 5. The van der Waals surface area contributed by atoms with Gasteiger partial charge in [0.15, 0.2) is 6.61 Å². The molecule has 3 rings (SSSR count). The zero-order valence-electron chi connectivity index (χ0n) is 15.9. The number of methoxy groups -OCH3 is 1. The fraction of sp³-hybridized carbons (Fsp3) is 0.227. The number of ether oxygens (including phenoxy) is 2. The van der Waals surface area contributed by atoms with Crippen LogP contribution in [-0.2, 0) is 27.3 Å². The Kier molecular flexibility index (Phi) is 6.22. The standard InChI is InChI=1S/C22H22N2O4/c1-24(14-18-7-3-4-11-19(18)27-2)20(25)15-28-21(26)13-17-9-5-8-16-10-6-12-23-22(16)17/h3-12H,13-15H2,1-2H3. The molecule has 1 amide bonds. The summed E-state index contributed by atoms with van der Waals surface area (Å²) in [6.45, 7) is 0.0658. The lowest BCUT2D eigenvalue weighted by Gasteiger charge is -2.18. The smallest absolute Gasteiger partial charge is 0.310 e. The van der Waals surface area contributed by atoms with Crippen LogP contribution >= 0.6 is 0 Å². The number of esters is 1. The van der Waals surface area contributed by atoms with E-state index in [1.807, 2.05) is 54.6 Å². The lowest BCUT2D eigenvalue weighted by Crippen LogP contribution is -2.31. The maximum atomic E-state index is 12.3. The SMILES string of the molecule is COc1ccccc1CN(C)C(=O)COC(=O)Cc1cccc2cccnc12. The van der Waals surface area contributed by atoms with Gasteiger partial charge >= 0.3 is 5.97 Å². The van der Waals surface area contributed by atoms with Gasteiger partial charge in [-0.1, -0.05) is 42.5 Å². The second-order valence-corrected chi connectivity index (χ2v) is 6.39. The van der Waals surface area contributed by atoms with Crippen molar-refractivity contribution in [3.63, 3.8) is 0 Å². The number of aromatic nitrogens is 1. The topological polar surface area (TPSA) is 68.7 Å². The number of carbonyl (C=O) groups excluding carboxylic acids is 2. The van der Waals surface area contributed by atoms with Crippen LogP contribution < -0.4 is 4.74 Å². The third-order valence-electron chi connectivity index (χ3n) is 4.43. The van der Waals surface area contributed by atoms with E-state index < -0.39 is 5.97 Å². The molecule has 6 nitrogen and oxygen atoms in total. The first-order valence-corrected chi connectivity index (χ1v) is 8.92. The Morgan fingerprint density at radius 1 is 1.00 bits per heavy atom. The molecule has 1 aromatic heterocycles. The highest BCUT2D eigenvalue weighted by Crippen LogP contribution is 2.19. The number of nitrogens with zero attached hydrogens (tertiary/aromatic N) is 2. The molecule has 1 heterocycles. The minimum Gasteiger partial charge on any atom is -0.496 e. The summed E-state index contributed by atoms with van der Waals surface area (Å²) >= 11 is 0. The average Bonchev–Trinajstić information content (AvgIpc) is 2.72. The summed E-state index contributed by atoms with van der Waals surface area (Å²) in [6, 6.07) is 16.9. The number of pyridine rings is 1. The van der Waals surface area contributed by atoms with Crippen LogP contribution in [0.1, 0.15) is 11.1 Å². The number of amides is 1. The molecule has 28 heavy (non-hydrogen) atoms. The van der Waals surface area contributed by atoms with Crippen molar-refractivity contribution in [2.75, 3.05) is 20.8 Å². The molecule has 0 aliphatic carbocycles. The van der Waals surface area contributed by atoms with Gasteiger partial charge in [0.25, 0.3) is 5.91 Å². The van der Waals surface area contributed by atoms with Gasteiger partial charge in [0.2, 0.25) is 0 Å². The van der Waals surface area contributed by atoms with Crippen LogP contribution in [0, 0.1) is 0 Å². The molecule has 0 aliphatic heterocycles. The Bertz CT molecular complexity index is 982. The Balaban J connectivity index is 1.55. The molecule has 2 aromatic carbocycles. The van der Waals surface area contributed by atoms with Crippen molar-refractivity contribution in [2.45, 2.75) is 13.0 Å². The van der Waals surface area contributed by atoms with Gasteiger partial charge in [0.1, 0.15) is 5.75 Å². The van der Waals surface area contributed by atoms with E-state index in [4.69, 9.17) is 9.47 Å². The predicted octanol–water partition coefficient (Wildman–Crippen LogP) is 2.99. The summed E-state index contributed by atoms with van der Waals surface area (Å²) in [7, 11) is 3.25. The van der Waals surface area contributed by atoms with Gasteiger partial charge in [-0.15, -0.1) is 0 Å². The van der Waals surface area contributed by atoms with E-state index in [1.54, 1.807) is 20.4 Å². The van der Waals surface area contributed by atoms with Gasteiger partial charge in [-0.3, -0.25) is 14.6 Å². The highest BCUT2D eigenvalue weighted by molar-refractivity contribution is 5.86. The zero-order chi connectivity index (χ0) is 19.9. The van der Waals surface area contributed by atoms with Crippen LogP contribution in [-0.4, -0.2) is 42.5 Å². The van der Waals surface area contributed by atoms with Crippen LogP contribution in [0.5, 0.6) is 5.75 Å². The Morgan fingerprint density at radius 2 is 1.75 bits per heavy atom. The van der Waals surface area contributed by atoms with Crippen molar-refractivity contribution in [1.82, 2.24) is 9.88 Å². The molecule has 0 atom stereocenters.